The molecule has 1 aliphatic rings. The molecule has 1 aromatic heterocycles. The number of carbonyl (C=O) groups excluding carboxylic acids is 4. The van der Waals surface area contributed by atoms with Gasteiger partial charge in [0.1, 0.15) is 6.04 Å². The van der Waals surface area contributed by atoms with Crippen molar-refractivity contribution in [3.05, 3.63) is 42.2 Å². The van der Waals surface area contributed by atoms with Crippen LogP contribution < -0.4 is 10.6 Å². The van der Waals surface area contributed by atoms with Gasteiger partial charge in [-0.3, -0.25) is 29.1 Å². The quantitative estimate of drug-likeness (QED) is 0.202. The number of rotatable bonds is 20. The van der Waals surface area contributed by atoms with Gasteiger partial charge in [-0.1, -0.05) is 79.2 Å². The molecule has 2 heterocycles. The van der Waals surface area contributed by atoms with Crippen molar-refractivity contribution >= 4 is 34.4 Å². The van der Waals surface area contributed by atoms with Crippen molar-refractivity contribution in [2.75, 3.05) is 48.5 Å². The van der Waals surface area contributed by atoms with Gasteiger partial charge in [0.05, 0.1) is 42.7 Å². The van der Waals surface area contributed by atoms with Gasteiger partial charge in [-0.05, 0) is 56.1 Å². The number of likely N-dealkylation sites (tertiary alicyclic amines) is 1. The van der Waals surface area contributed by atoms with Gasteiger partial charge in [0, 0.05) is 58.1 Å². The van der Waals surface area contributed by atoms with Crippen molar-refractivity contribution in [3.8, 4) is 0 Å². The highest BCUT2D eigenvalue weighted by molar-refractivity contribution is 5.90. The second-order valence-electron chi connectivity index (χ2n) is 16.0. The first-order chi connectivity index (χ1) is 25.6. The molecule has 0 aliphatic carbocycles. The van der Waals surface area contributed by atoms with Crippen LogP contribution in [0.2, 0.25) is 0 Å². The normalized spacial score (nSPS) is 18.6. The van der Waals surface area contributed by atoms with E-state index in [1.807, 2.05) is 82.8 Å². The first kappa shape index (κ1) is 44.8. The van der Waals surface area contributed by atoms with Crippen molar-refractivity contribution in [1.82, 2.24) is 30.3 Å². The van der Waals surface area contributed by atoms with Crippen molar-refractivity contribution in [2.24, 2.45) is 23.7 Å². The summed E-state index contributed by atoms with van der Waals surface area (Å²) in [6.45, 7) is 14.8. The number of likely N-dealkylation sites (N-methyl/N-ethyl adjacent to an activating group) is 2. The Hall–Kier alpha value is -3.61. The smallest absolute Gasteiger partial charge is 0.245 e. The molecule has 2 aromatic rings. The van der Waals surface area contributed by atoms with Gasteiger partial charge >= 0.3 is 0 Å². The fourth-order valence-electron chi connectivity index (χ4n) is 8.26. The van der Waals surface area contributed by atoms with Crippen LogP contribution in [0.5, 0.6) is 0 Å². The second-order valence-corrected chi connectivity index (χ2v) is 16.0. The molecule has 302 valence electrons. The SMILES string of the molecule is CC[C@H](C)C([C@@H](CC(=O)N1CCC[C@H]1[C@H](OC)[C@@H](C)C(=O)NCCc1nccc2ccccc12)OC)N(C)C(=O)[C@@H](NC(=O)C(C(C)C)N(C)C)C(C)C. The van der Waals surface area contributed by atoms with Crippen LogP contribution in [0.3, 0.4) is 0 Å². The van der Waals surface area contributed by atoms with E-state index >= 15 is 0 Å². The topological polar surface area (TPSA) is 133 Å². The Morgan fingerprint density at radius 1 is 0.944 bits per heavy atom. The largest absolute Gasteiger partial charge is 0.379 e. The molecule has 2 N–H and O–H groups in total. The van der Waals surface area contributed by atoms with Crippen LogP contribution in [-0.2, 0) is 35.1 Å². The summed E-state index contributed by atoms with van der Waals surface area (Å²) in [5.41, 5.74) is 0.932. The Balaban J connectivity index is 1.73. The first-order valence-corrected chi connectivity index (χ1v) is 19.8. The van der Waals surface area contributed by atoms with E-state index in [-0.39, 0.29) is 59.9 Å². The molecule has 1 aliphatic heterocycles. The van der Waals surface area contributed by atoms with E-state index in [0.717, 1.165) is 29.3 Å². The predicted molar refractivity (Wildman–Crippen MR) is 214 cm³/mol. The van der Waals surface area contributed by atoms with Crippen molar-refractivity contribution in [3.63, 3.8) is 0 Å². The minimum absolute atomic E-state index is 0.000655. The fourth-order valence-corrected chi connectivity index (χ4v) is 8.26. The summed E-state index contributed by atoms with van der Waals surface area (Å²) in [4.78, 5) is 65.2. The molecular weight excluding hydrogens is 684 g/mol. The molecule has 4 amide bonds. The van der Waals surface area contributed by atoms with Gasteiger partial charge < -0.3 is 29.9 Å². The van der Waals surface area contributed by atoms with Crippen molar-refractivity contribution in [1.29, 1.82) is 0 Å². The maximum absolute atomic E-state index is 14.2. The van der Waals surface area contributed by atoms with Gasteiger partial charge in [-0.2, -0.15) is 0 Å². The standard InChI is InChI=1S/C42H68N6O6/c1-13-28(6)38(47(10)42(52)36(26(2)3)45-41(51)37(27(4)5)46(8)9)34(53-11)25-35(49)48-24-16-19-33(48)39(54-12)29(7)40(50)44-23-21-32-31-18-15-14-17-30(31)20-22-43-32/h14-15,17-18,20,22,26-29,33-34,36-39H,13,16,19,21,23-25H2,1-12H3,(H,44,50)(H,45,51)/t28-,29+,33-,34+,36-,37?,38?,39+/m0/s1. The summed E-state index contributed by atoms with van der Waals surface area (Å²) in [6.07, 6.45) is 3.61. The monoisotopic (exact) mass is 753 g/mol. The van der Waals surface area contributed by atoms with Crippen LogP contribution >= 0.6 is 0 Å². The Kier molecular flexibility index (Phi) is 17.3. The molecule has 8 atom stereocenters. The molecular formula is C42H68N6O6. The molecule has 1 aromatic carbocycles. The third-order valence-electron chi connectivity index (χ3n) is 11.4. The summed E-state index contributed by atoms with van der Waals surface area (Å²) >= 11 is 0. The summed E-state index contributed by atoms with van der Waals surface area (Å²) in [5, 5.41) is 8.31. The van der Waals surface area contributed by atoms with Gasteiger partial charge in [-0.15, -0.1) is 0 Å². The van der Waals surface area contributed by atoms with Gasteiger partial charge in [0.25, 0.3) is 0 Å². The number of nitrogens with one attached hydrogen (secondary N) is 2. The number of nitrogens with zero attached hydrogens (tertiary/aromatic N) is 4. The van der Waals surface area contributed by atoms with Crippen molar-refractivity contribution in [2.45, 2.75) is 117 Å². The van der Waals surface area contributed by atoms with E-state index in [2.05, 4.69) is 35.5 Å². The number of hydrogen-bond donors (Lipinski definition) is 2. The number of fused-ring (bicyclic) bond motifs is 1. The number of hydrogen-bond acceptors (Lipinski definition) is 8. The van der Waals surface area contributed by atoms with Crippen LogP contribution in [-0.4, -0.2) is 128 Å². The Morgan fingerprint density at radius 3 is 2.22 bits per heavy atom. The molecule has 12 nitrogen and oxygen atoms in total. The maximum atomic E-state index is 14.2. The summed E-state index contributed by atoms with van der Waals surface area (Å²) in [5.74, 6) is -1.25. The lowest BCUT2D eigenvalue weighted by Gasteiger charge is -2.41. The zero-order valence-corrected chi connectivity index (χ0v) is 34.9. The van der Waals surface area contributed by atoms with Gasteiger partial charge in [0.15, 0.2) is 0 Å². The molecule has 0 saturated carbocycles. The lowest BCUT2D eigenvalue weighted by atomic mass is 9.89. The number of methoxy groups -OCH3 is 2. The molecule has 1 saturated heterocycles. The van der Waals surface area contributed by atoms with Crippen LogP contribution in [0, 0.1) is 23.7 Å². The highest BCUT2D eigenvalue weighted by Gasteiger charge is 2.43. The van der Waals surface area contributed by atoms with E-state index in [1.165, 1.54) is 0 Å². The molecule has 3 rings (SSSR count). The fraction of sp³-hybridized carbons (Fsp3) is 0.690. The minimum Gasteiger partial charge on any atom is -0.379 e. The van der Waals surface area contributed by atoms with E-state index in [4.69, 9.17) is 9.47 Å². The average molecular weight is 753 g/mol. The van der Waals surface area contributed by atoms with Crippen LogP contribution in [0.15, 0.2) is 36.5 Å². The molecule has 12 heteroatoms. The molecule has 54 heavy (non-hydrogen) atoms. The molecule has 0 radical (unpaired) electrons. The Labute approximate surface area is 324 Å². The Morgan fingerprint density at radius 2 is 1.63 bits per heavy atom. The molecule has 1 fully saturated rings. The summed E-state index contributed by atoms with van der Waals surface area (Å²) in [6, 6.07) is 8.22. The maximum Gasteiger partial charge on any atom is 0.245 e. The average Bonchev–Trinajstić information content (AvgIpc) is 3.62. The number of pyridine rings is 1. The van der Waals surface area contributed by atoms with E-state index in [9.17, 15) is 19.2 Å². The Bertz CT molecular complexity index is 1520. The highest BCUT2D eigenvalue weighted by atomic mass is 16.5. The minimum atomic E-state index is -0.746. The predicted octanol–water partition coefficient (Wildman–Crippen LogP) is 4.54. The molecule has 2 unspecified atom stereocenters. The van der Waals surface area contributed by atoms with Crippen LogP contribution in [0.25, 0.3) is 10.8 Å². The van der Waals surface area contributed by atoms with Crippen LogP contribution in [0.1, 0.15) is 79.8 Å². The third-order valence-corrected chi connectivity index (χ3v) is 11.4. The highest BCUT2D eigenvalue weighted by Crippen LogP contribution is 2.30. The number of benzene rings is 1. The van der Waals surface area contributed by atoms with E-state index < -0.39 is 30.2 Å². The first-order valence-electron chi connectivity index (χ1n) is 19.8. The van der Waals surface area contributed by atoms with Crippen LogP contribution in [0.4, 0.5) is 0 Å². The molecule has 0 bridgehead atoms. The van der Waals surface area contributed by atoms with Gasteiger partial charge in [0.2, 0.25) is 23.6 Å². The van der Waals surface area contributed by atoms with E-state index in [0.29, 0.717) is 25.9 Å². The summed E-state index contributed by atoms with van der Waals surface area (Å²) in [7, 11) is 8.65. The number of carbonyl (C=O) groups is 4. The zero-order chi connectivity index (χ0) is 40.3. The lowest BCUT2D eigenvalue weighted by Crippen LogP contribution is -2.59. The second kappa shape index (κ2) is 20.9. The molecule has 0 spiro atoms. The number of amides is 4. The third kappa shape index (κ3) is 11.0. The number of aromatic nitrogens is 1. The van der Waals surface area contributed by atoms with E-state index in [1.54, 1.807) is 32.4 Å². The van der Waals surface area contributed by atoms with Gasteiger partial charge in [-0.25, -0.2) is 0 Å². The lowest BCUT2D eigenvalue weighted by molar-refractivity contribution is -0.148. The zero-order valence-electron chi connectivity index (χ0n) is 34.9. The number of ether oxygens (including phenoxy) is 2. The van der Waals surface area contributed by atoms with Crippen molar-refractivity contribution < 1.29 is 28.7 Å². The summed E-state index contributed by atoms with van der Waals surface area (Å²) < 4.78 is 12.0.